The van der Waals surface area contributed by atoms with Gasteiger partial charge in [-0.3, -0.25) is 9.69 Å². The van der Waals surface area contributed by atoms with E-state index in [1.807, 2.05) is 18.2 Å². The molecule has 0 aliphatic rings. The van der Waals surface area contributed by atoms with Crippen LogP contribution in [0.5, 0.6) is 5.75 Å². The lowest BCUT2D eigenvalue weighted by molar-refractivity contribution is -0.116. The lowest BCUT2D eigenvalue weighted by atomic mass is 10.2. The highest BCUT2D eigenvalue weighted by Crippen LogP contribution is 2.24. The number of amides is 1. The molecule has 0 aliphatic heterocycles. The predicted molar refractivity (Wildman–Crippen MR) is 103 cm³/mol. The molecule has 1 amide bonds. The van der Waals surface area contributed by atoms with Gasteiger partial charge in [-0.05, 0) is 30.7 Å². The summed E-state index contributed by atoms with van der Waals surface area (Å²) in [5.74, 6) is 0.638. The molecule has 0 saturated heterocycles. The highest BCUT2D eigenvalue weighted by Gasteiger charge is 2.10. The van der Waals surface area contributed by atoms with Crippen LogP contribution < -0.4 is 15.8 Å². The lowest BCUT2D eigenvalue weighted by Gasteiger charge is -2.21. The van der Waals surface area contributed by atoms with Crippen molar-refractivity contribution in [2.75, 3.05) is 31.2 Å². The summed E-state index contributed by atoms with van der Waals surface area (Å²) in [5.41, 5.74) is 8.33. The minimum Gasteiger partial charge on any atom is -0.497 e. The summed E-state index contributed by atoms with van der Waals surface area (Å²) in [6, 6.07) is 15.6. The Morgan fingerprint density at radius 3 is 2.56 bits per heavy atom. The molecule has 2 rings (SSSR count). The number of anilines is 2. The normalized spacial score (nSPS) is 10.7. The zero-order chi connectivity index (χ0) is 18.1. The number of hydrogen-bond acceptors (Lipinski definition) is 4. The molecule has 134 valence electrons. The van der Waals surface area contributed by atoms with Crippen LogP contribution in [0, 0.1) is 0 Å². The maximum absolute atomic E-state index is 12.3. The Morgan fingerprint density at radius 1 is 1.16 bits per heavy atom. The van der Waals surface area contributed by atoms with Crippen molar-refractivity contribution < 1.29 is 9.53 Å². The molecule has 0 saturated carbocycles. The van der Waals surface area contributed by atoms with E-state index in [1.54, 1.807) is 25.3 Å². The molecule has 0 unspecified atom stereocenters. The second-order valence-corrected chi connectivity index (χ2v) is 6.01. The molecule has 3 N–H and O–H groups in total. The van der Waals surface area contributed by atoms with Gasteiger partial charge in [0.15, 0.2) is 0 Å². The monoisotopic (exact) mass is 341 g/mol. The van der Waals surface area contributed by atoms with E-state index in [1.165, 1.54) is 5.56 Å². The standard InChI is InChI=1S/C20H27N3O2/c1-3-12-23(15-16-7-5-4-6-8-16)13-11-20(24)22-19-10-9-17(25-2)14-18(19)21/h4-10,14H,3,11-13,15,21H2,1-2H3,(H,22,24). The first-order chi connectivity index (χ1) is 12.1. The van der Waals surface area contributed by atoms with Gasteiger partial charge in [-0.25, -0.2) is 0 Å². The van der Waals surface area contributed by atoms with E-state index in [2.05, 4.69) is 29.3 Å². The Hall–Kier alpha value is -2.53. The third-order valence-corrected chi connectivity index (χ3v) is 3.98. The number of nitrogens with two attached hydrogens (primary N) is 1. The summed E-state index contributed by atoms with van der Waals surface area (Å²) in [6.07, 6.45) is 1.48. The van der Waals surface area contributed by atoms with Crippen LogP contribution in [-0.2, 0) is 11.3 Å². The van der Waals surface area contributed by atoms with Gasteiger partial charge in [-0.2, -0.15) is 0 Å². The molecule has 0 atom stereocenters. The van der Waals surface area contributed by atoms with E-state index < -0.39 is 0 Å². The Bertz CT molecular complexity index is 674. The first-order valence-electron chi connectivity index (χ1n) is 8.62. The molecule has 0 radical (unpaired) electrons. The third-order valence-electron chi connectivity index (χ3n) is 3.98. The maximum Gasteiger partial charge on any atom is 0.225 e. The van der Waals surface area contributed by atoms with Crippen LogP contribution in [0.4, 0.5) is 11.4 Å². The van der Waals surface area contributed by atoms with Crippen LogP contribution >= 0.6 is 0 Å². The molecular formula is C20H27N3O2. The lowest BCUT2D eigenvalue weighted by Crippen LogP contribution is -2.28. The molecule has 0 aliphatic carbocycles. The van der Waals surface area contributed by atoms with E-state index in [0.29, 0.717) is 30.1 Å². The fourth-order valence-corrected chi connectivity index (χ4v) is 2.68. The fraction of sp³-hybridized carbons (Fsp3) is 0.350. The van der Waals surface area contributed by atoms with E-state index in [-0.39, 0.29) is 5.91 Å². The van der Waals surface area contributed by atoms with Crippen LogP contribution in [0.25, 0.3) is 0 Å². The van der Waals surface area contributed by atoms with Crippen LogP contribution in [-0.4, -0.2) is 31.0 Å². The number of hydrogen-bond donors (Lipinski definition) is 2. The summed E-state index contributed by atoms with van der Waals surface area (Å²) in [7, 11) is 1.59. The third kappa shape index (κ3) is 6.12. The zero-order valence-corrected chi connectivity index (χ0v) is 15.0. The molecule has 25 heavy (non-hydrogen) atoms. The first kappa shape index (κ1) is 18.8. The SMILES string of the molecule is CCCN(CCC(=O)Nc1ccc(OC)cc1N)Cc1ccccc1. The van der Waals surface area contributed by atoms with Gasteiger partial charge >= 0.3 is 0 Å². The number of rotatable bonds is 9. The summed E-state index contributed by atoms with van der Waals surface area (Å²) in [5, 5.41) is 2.88. The number of carbonyl (C=O) groups is 1. The van der Waals surface area contributed by atoms with Crippen molar-refractivity contribution in [1.82, 2.24) is 4.90 Å². The first-order valence-corrected chi connectivity index (χ1v) is 8.62. The molecule has 5 heteroatoms. The number of nitrogens with zero attached hydrogens (tertiary/aromatic N) is 1. The van der Waals surface area contributed by atoms with Crippen LogP contribution in [0.15, 0.2) is 48.5 Å². The largest absolute Gasteiger partial charge is 0.497 e. The van der Waals surface area contributed by atoms with E-state index >= 15 is 0 Å². The van der Waals surface area contributed by atoms with E-state index in [0.717, 1.165) is 19.5 Å². The molecule has 0 spiro atoms. The molecular weight excluding hydrogens is 314 g/mol. The molecule has 5 nitrogen and oxygen atoms in total. The zero-order valence-electron chi connectivity index (χ0n) is 15.0. The number of ether oxygens (including phenoxy) is 1. The number of benzene rings is 2. The number of carbonyl (C=O) groups excluding carboxylic acids is 1. The highest BCUT2D eigenvalue weighted by atomic mass is 16.5. The van der Waals surface area contributed by atoms with Gasteiger partial charge in [-0.1, -0.05) is 37.3 Å². The minimum atomic E-state index is -0.0361. The van der Waals surface area contributed by atoms with Gasteiger partial charge in [0.05, 0.1) is 18.5 Å². The Balaban J connectivity index is 1.88. The molecule has 2 aromatic rings. The van der Waals surface area contributed by atoms with Gasteiger partial charge in [0.2, 0.25) is 5.91 Å². The van der Waals surface area contributed by atoms with E-state index in [4.69, 9.17) is 10.5 Å². The average molecular weight is 341 g/mol. The van der Waals surface area contributed by atoms with Crippen molar-refractivity contribution in [2.45, 2.75) is 26.3 Å². The van der Waals surface area contributed by atoms with Crippen LogP contribution in [0.2, 0.25) is 0 Å². The van der Waals surface area contributed by atoms with Gasteiger partial charge in [-0.15, -0.1) is 0 Å². The van der Waals surface area contributed by atoms with Gasteiger partial charge in [0.25, 0.3) is 0 Å². The fourth-order valence-electron chi connectivity index (χ4n) is 2.68. The molecule has 0 fully saturated rings. The molecule has 2 aromatic carbocycles. The van der Waals surface area contributed by atoms with Crippen molar-refractivity contribution in [2.24, 2.45) is 0 Å². The predicted octanol–water partition coefficient (Wildman–Crippen LogP) is 3.52. The van der Waals surface area contributed by atoms with E-state index in [9.17, 15) is 4.79 Å². The van der Waals surface area contributed by atoms with Crippen molar-refractivity contribution in [3.63, 3.8) is 0 Å². The summed E-state index contributed by atoms with van der Waals surface area (Å²) in [6.45, 7) is 4.68. The Labute approximate surface area is 149 Å². The summed E-state index contributed by atoms with van der Waals surface area (Å²) < 4.78 is 5.12. The summed E-state index contributed by atoms with van der Waals surface area (Å²) in [4.78, 5) is 14.6. The molecule has 0 heterocycles. The van der Waals surface area contributed by atoms with Gasteiger partial charge < -0.3 is 15.8 Å². The highest BCUT2D eigenvalue weighted by molar-refractivity contribution is 5.94. The quantitative estimate of drug-likeness (QED) is 0.685. The second kappa shape index (κ2) is 9.69. The smallest absolute Gasteiger partial charge is 0.225 e. The number of methoxy groups -OCH3 is 1. The molecule has 0 aromatic heterocycles. The van der Waals surface area contributed by atoms with Crippen molar-refractivity contribution in [3.05, 3.63) is 54.1 Å². The van der Waals surface area contributed by atoms with Crippen molar-refractivity contribution in [3.8, 4) is 5.75 Å². The number of nitrogens with one attached hydrogen (secondary N) is 1. The maximum atomic E-state index is 12.3. The van der Waals surface area contributed by atoms with Crippen LogP contribution in [0.1, 0.15) is 25.3 Å². The number of nitrogen functional groups attached to an aromatic ring is 1. The van der Waals surface area contributed by atoms with Crippen molar-refractivity contribution >= 4 is 17.3 Å². The second-order valence-electron chi connectivity index (χ2n) is 6.01. The average Bonchev–Trinajstić information content (AvgIpc) is 2.62. The topological polar surface area (TPSA) is 67.6 Å². The molecule has 0 bridgehead atoms. The Kier molecular flexibility index (Phi) is 7.29. The van der Waals surface area contributed by atoms with Crippen molar-refractivity contribution in [1.29, 1.82) is 0 Å². The Morgan fingerprint density at radius 2 is 1.92 bits per heavy atom. The minimum absolute atomic E-state index is 0.0361. The van der Waals surface area contributed by atoms with Crippen LogP contribution in [0.3, 0.4) is 0 Å². The van der Waals surface area contributed by atoms with Gasteiger partial charge in [0, 0.05) is 25.6 Å². The summed E-state index contributed by atoms with van der Waals surface area (Å²) >= 11 is 0. The van der Waals surface area contributed by atoms with Gasteiger partial charge in [0.1, 0.15) is 5.75 Å².